The van der Waals surface area contributed by atoms with Crippen LogP contribution in [0.4, 0.5) is 0 Å². The number of rotatable bonds is 1. The van der Waals surface area contributed by atoms with Crippen molar-refractivity contribution >= 4 is 5.91 Å². The maximum atomic E-state index is 10.6. The quantitative estimate of drug-likeness (QED) is 0.527. The highest BCUT2D eigenvalue weighted by molar-refractivity contribution is 5.80. The van der Waals surface area contributed by atoms with Crippen LogP contribution in [0.5, 0.6) is 0 Å². The van der Waals surface area contributed by atoms with Crippen LogP contribution in [0, 0.1) is 7.05 Å². The molecule has 0 aromatic rings. The van der Waals surface area contributed by atoms with Crippen molar-refractivity contribution in [3.63, 3.8) is 0 Å². The Kier molecular flexibility index (Phi) is 1.71. The largest absolute Gasteiger partial charge is 0.368 e. The summed E-state index contributed by atoms with van der Waals surface area (Å²) < 4.78 is 0. The number of carbonyl (C=O) groups is 1. The Morgan fingerprint density at radius 1 is 1.78 bits per heavy atom. The predicted molar refractivity (Wildman–Crippen MR) is 34.3 cm³/mol. The molecule has 1 radical (unpaired) electrons. The summed E-state index contributed by atoms with van der Waals surface area (Å²) in [6.45, 7) is 0.896. The smallest absolute Gasteiger partial charge is 0.234 e. The summed E-state index contributed by atoms with van der Waals surface area (Å²) in [6, 6.07) is -0.106. The SMILES string of the molecule is [CH2]N1CCCC1C(N)=O. The monoisotopic (exact) mass is 127 g/mol. The molecule has 0 aliphatic carbocycles. The summed E-state index contributed by atoms with van der Waals surface area (Å²) in [5.74, 6) is -0.248. The first-order valence-corrected chi connectivity index (χ1v) is 3.08. The molecule has 3 nitrogen and oxygen atoms in total. The van der Waals surface area contributed by atoms with Crippen molar-refractivity contribution in [2.24, 2.45) is 5.73 Å². The predicted octanol–water partition coefficient (Wildman–Crippen LogP) is -0.272. The first-order chi connectivity index (χ1) is 4.22. The van der Waals surface area contributed by atoms with Crippen LogP contribution in [-0.2, 0) is 4.79 Å². The minimum atomic E-state index is -0.248. The first kappa shape index (κ1) is 6.55. The van der Waals surface area contributed by atoms with Gasteiger partial charge in [0.25, 0.3) is 0 Å². The number of hydrogen-bond acceptors (Lipinski definition) is 2. The third kappa shape index (κ3) is 1.21. The molecule has 3 heteroatoms. The zero-order valence-corrected chi connectivity index (χ0v) is 5.34. The number of amides is 1. The van der Waals surface area contributed by atoms with E-state index in [-0.39, 0.29) is 11.9 Å². The molecule has 1 atom stereocenters. The lowest BCUT2D eigenvalue weighted by Gasteiger charge is -2.13. The molecule has 9 heavy (non-hydrogen) atoms. The van der Waals surface area contributed by atoms with E-state index in [9.17, 15) is 4.79 Å². The number of hydrogen-bond donors (Lipinski definition) is 1. The van der Waals surface area contributed by atoms with E-state index in [4.69, 9.17) is 5.73 Å². The summed E-state index contributed by atoms with van der Waals surface area (Å²) in [4.78, 5) is 12.3. The van der Waals surface area contributed by atoms with Crippen molar-refractivity contribution in [1.82, 2.24) is 4.90 Å². The topological polar surface area (TPSA) is 46.3 Å². The molecular weight excluding hydrogens is 116 g/mol. The summed E-state index contributed by atoms with van der Waals surface area (Å²) in [6.07, 6.45) is 1.91. The van der Waals surface area contributed by atoms with Crippen molar-refractivity contribution in [1.29, 1.82) is 0 Å². The van der Waals surface area contributed by atoms with Gasteiger partial charge >= 0.3 is 0 Å². The van der Waals surface area contributed by atoms with Gasteiger partial charge in [0.05, 0.1) is 6.04 Å². The normalized spacial score (nSPS) is 28.8. The van der Waals surface area contributed by atoms with Gasteiger partial charge in [-0.2, -0.15) is 0 Å². The molecule has 0 aromatic heterocycles. The highest BCUT2D eigenvalue weighted by Crippen LogP contribution is 2.14. The van der Waals surface area contributed by atoms with Gasteiger partial charge in [0.2, 0.25) is 5.91 Å². The minimum Gasteiger partial charge on any atom is -0.368 e. The van der Waals surface area contributed by atoms with E-state index >= 15 is 0 Å². The van der Waals surface area contributed by atoms with Crippen LogP contribution in [-0.4, -0.2) is 23.4 Å². The van der Waals surface area contributed by atoms with Crippen LogP contribution in [0.1, 0.15) is 12.8 Å². The van der Waals surface area contributed by atoms with Gasteiger partial charge in [0, 0.05) is 7.05 Å². The number of nitrogens with zero attached hydrogens (tertiary/aromatic N) is 1. The lowest BCUT2D eigenvalue weighted by molar-refractivity contribution is -0.121. The van der Waals surface area contributed by atoms with Crippen LogP contribution in [0.2, 0.25) is 0 Å². The van der Waals surface area contributed by atoms with Gasteiger partial charge in [0.15, 0.2) is 0 Å². The Morgan fingerprint density at radius 2 is 2.44 bits per heavy atom. The Balaban J connectivity index is 2.49. The molecule has 0 saturated carbocycles. The third-order valence-corrected chi connectivity index (χ3v) is 1.69. The van der Waals surface area contributed by atoms with Crippen LogP contribution in [0.3, 0.4) is 0 Å². The van der Waals surface area contributed by atoms with Crippen molar-refractivity contribution in [2.75, 3.05) is 6.54 Å². The van der Waals surface area contributed by atoms with Crippen molar-refractivity contribution < 1.29 is 4.79 Å². The Morgan fingerprint density at radius 3 is 2.67 bits per heavy atom. The van der Waals surface area contributed by atoms with E-state index in [1.54, 1.807) is 4.90 Å². The molecule has 1 heterocycles. The van der Waals surface area contributed by atoms with Crippen LogP contribution in [0.15, 0.2) is 0 Å². The standard InChI is InChI=1S/C6H11N2O/c1-8-4-2-3-5(8)6(7)9/h5H,1-4H2,(H2,7,9). The molecule has 0 spiro atoms. The number of likely N-dealkylation sites (tertiary alicyclic amines) is 1. The zero-order valence-electron chi connectivity index (χ0n) is 5.34. The van der Waals surface area contributed by atoms with E-state index in [0.29, 0.717) is 0 Å². The summed E-state index contributed by atoms with van der Waals surface area (Å²) in [7, 11) is 3.67. The Labute approximate surface area is 54.8 Å². The van der Waals surface area contributed by atoms with Crippen LogP contribution in [0.25, 0.3) is 0 Å². The molecular formula is C6H11N2O. The molecule has 51 valence electrons. The maximum Gasteiger partial charge on any atom is 0.234 e. The Hall–Kier alpha value is -0.570. The van der Waals surface area contributed by atoms with E-state index in [1.165, 1.54) is 0 Å². The molecule has 1 fully saturated rings. The van der Waals surface area contributed by atoms with E-state index in [1.807, 2.05) is 0 Å². The molecule has 1 rings (SSSR count). The lowest BCUT2D eigenvalue weighted by atomic mass is 10.2. The van der Waals surface area contributed by atoms with Gasteiger partial charge in [-0.1, -0.05) is 0 Å². The average molecular weight is 127 g/mol. The fourth-order valence-electron chi connectivity index (χ4n) is 1.15. The number of nitrogens with two attached hydrogens (primary N) is 1. The van der Waals surface area contributed by atoms with Crippen molar-refractivity contribution in [2.45, 2.75) is 18.9 Å². The molecule has 1 aliphatic rings. The fourth-order valence-corrected chi connectivity index (χ4v) is 1.15. The van der Waals surface area contributed by atoms with E-state index in [0.717, 1.165) is 19.4 Å². The van der Waals surface area contributed by atoms with Gasteiger partial charge in [-0.25, -0.2) is 0 Å². The maximum absolute atomic E-state index is 10.6. The van der Waals surface area contributed by atoms with Crippen LogP contribution < -0.4 is 5.73 Å². The molecule has 1 saturated heterocycles. The second-order valence-corrected chi connectivity index (χ2v) is 2.37. The van der Waals surface area contributed by atoms with E-state index < -0.39 is 0 Å². The molecule has 0 aromatic carbocycles. The molecule has 2 N–H and O–H groups in total. The van der Waals surface area contributed by atoms with Crippen molar-refractivity contribution in [3.8, 4) is 0 Å². The summed E-state index contributed by atoms with van der Waals surface area (Å²) >= 11 is 0. The molecule has 1 amide bonds. The second kappa shape index (κ2) is 2.35. The summed E-state index contributed by atoms with van der Waals surface area (Å²) in [5.41, 5.74) is 5.07. The second-order valence-electron chi connectivity index (χ2n) is 2.37. The fraction of sp³-hybridized carbons (Fsp3) is 0.667. The van der Waals surface area contributed by atoms with E-state index in [2.05, 4.69) is 7.05 Å². The zero-order chi connectivity index (χ0) is 6.85. The minimum absolute atomic E-state index is 0.106. The lowest BCUT2D eigenvalue weighted by Crippen LogP contribution is -2.36. The molecule has 1 aliphatic heterocycles. The molecule has 1 unspecified atom stereocenters. The van der Waals surface area contributed by atoms with Gasteiger partial charge in [0.1, 0.15) is 0 Å². The van der Waals surface area contributed by atoms with Crippen molar-refractivity contribution in [3.05, 3.63) is 7.05 Å². The Bertz CT molecular complexity index is 124. The highest BCUT2D eigenvalue weighted by atomic mass is 16.1. The number of primary amides is 1. The first-order valence-electron chi connectivity index (χ1n) is 3.08. The highest BCUT2D eigenvalue weighted by Gasteiger charge is 2.25. The molecule has 0 bridgehead atoms. The van der Waals surface area contributed by atoms with Gasteiger partial charge in [-0.3, -0.25) is 9.69 Å². The number of carbonyl (C=O) groups excluding carboxylic acids is 1. The average Bonchev–Trinajstić information content (AvgIpc) is 2.13. The van der Waals surface area contributed by atoms with Gasteiger partial charge < -0.3 is 5.73 Å². The third-order valence-electron chi connectivity index (χ3n) is 1.69. The van der Waals surface area contributed by atoms with Gasteiger partial charge in [-0.15, -0.1) is 0 Å². The summed E-state index contributed by atoms with van der Waals surface area (Å²) in [5, 5.41) is 0. The van der Waals surface area contributed by atoms with Gasteiger partial charge in [-0.05, 0) is 19.4 Å². The van der Waals surface area contributed by atoms with Crippen LogP contribution >= 0.6 is 0 Å².